The first kappa shape index (κ1) is 18.6. The van der Waals surface area contributed by atoms with E-state index < -0.39 is 0 Å². The third-order valence-electron chi connectivity index (χ3n) is 3.23. The van der Waals surface area contributed by atoms with Gasteiger partial charge in [-0.05, 0) is 6.92 Å². The monoisotopic (exact) mass is 403 g/mol. The number of benzene rings is 1. The minimum atomic E-state index is -0.115. The quantitative estimate of drug-likeness (QED) is 0.431. The van der Waals surface area contributed by atoms with Crippen molar-refractivity contribution in [1.29, 1.82) is 0 Å². The van der Waals surface area contributed by atoms with E-state index in [-0.39, 0.29) is 11.7 Å². The van der Waals surface area contributed by atoms with E-state index in [0.29, 0.717) is 11.7 Å². The van der Waals surface area contributed by atoms with Crippen molar-refractivity contribution in [3.8, 4) is 11.3 Å². The van der Waals surface area contributed by atoms with E-state index in [9.17, 15) is 4.79 Å². The first-order valence-corrected chi connectivity index (χ1v) is 10.5. The van der Waals surface area contributed by atoms with Gasteiger partial charge in [0, 0.05) is 17.5 Å². The fraction of sp³-hybridized carbons (Fsp3) is 0.176. The SMILES string of the molecule is C=CCNc1nnc(SCC(=O)Nc2nc(-c3ccc(C)cc3)cs2)s1. The van der Waals surface area contributed by atoms with Gasteiger partial charge in [0.05, 0.1) is 11.4 Å². The molecule has 0 aliphatic heterocycles. The minimum absolute atomic E-state index is 0.115. The Morgan fingerprint density at radius 3 is 2.85 bits per heavy atom. The van der Waals surface area contributed by atoms with Gasteiger partial charge >= 0.3 is 0 Å². The Hall–Kier alpha value is -2.23. The van der Waals surface area contributed by atoms with Crippen LogP contribution in [0, 0.1) is 6.92 Å². The van der Waals surface area contributed by atoms with Crippen LogP contribution in [0.1, 0.15) is 5.56 Å². The van der Waals surface area contributed by atoms with Crippen molar-refractivity contribution in [3.05, 3.63) is 47.9 Å². The highest BCUT2D eigenvalue weighted by molar-refractivity contribution is 8.01. The van der Waals surface area contributed by atoms with Gasteiger partial charge in [0.2, 0.25) is 11.0 Å². The third kappa shape index (κ3) is 5.13. The lowest BCUT2D eigenvalue weighted by atomic mass is 10.1. The van der Waals surface area contributed by atoms with Gasteiger partial charge in [0.25, 0.3) is 0 Å². The van der Waals surface area contributed by atoms with Gasteiger partial charge in [-0.3, -0.25) is 4.79 Å². The molecule has 0 saturated carbocycles. The number of anilines is 2. The molecule has 0 radical (unpaired) electrons. The maximum absolute atomic E-state index is 12.1. The summed E-state index contributed by atoms with van der Waals surface area (Å²) in [6.45, 7) is 6.32. The van der Waals surface area contributed by atoms with E-state index >= 15 is 0 Å². The summed E-state index contributed by atoms with van der Waals surface area (Å²) in [5, 5.41) is 17.2. The highest BCUT2D eigenvalue weighted by Gasteiger charge is 2.11. The summed E-state index contributed by atoms with van der Waals surface area (Å²) in [7, 11) is 0. The van der Waals surface area contributed by atoms with Gasteiger partial charge in [-0.2, -0.15) is 0 Å². The lowest BCUT2D eigenvalue weighted by Gasteiger charge is -2.00. The zero-order valence-corrected chi connectivity index (χ0v) is 16.5. The molecule has 0 saturated heterocycles. The van der Waals surface area contributed by atoms with Crippen LogP contribution in [0.15, 0.2) is 46.6 Å². The lowest BCUT2D eigenvalue weighted by molar-refractivity contribution is -0.113. The molecular weight excluding hydrogens is 386 g/mol. The number of carbonyl (C=O) groups is 1. The molecule has 6 nitrogen and oxygen atoms in total. The second-order valence-electron chi connectivity index (χ2n) is 5.28. The number of rotatable bonds is 8. The zero-order valence-electron chi connectivity index (χ0n) is 14.1. The van der Waals surface area contributed by atoms with Crippen molar-refractivity contribution in [2.45, 2.75) is 11.3 Å². The van der Waals surface area contributed by atoms with Crippen LogP contribution in [0.2, 0.25) is 0 Å². The molecule has 9 heteroatoms. The Balaban J connectivity index is 1.51. The molecule has 26 heavy (non-hydrogen) atoms. The molecule has 0 bridgehead atoms. The molecule has 1 aromatic carbocycles. The fourth-order valence-electron chi connectivity index (χ4n) is 1.97. The summed E-state index contributed by atoms with van der Waals surface area (Å²) >= 11 is 4.18. The second kappa shape index (κ2) is 8.93. The summed E-state index contributed by atoms with van der Waals surface area (Å²) < 4.78 is 0.742. The van der Waals surface area contributed by atoms with E-state index in [0.717, 1.165) is 20.7 Å². The number of aromatic nitrogens is 3. The molecule has 134 valence electrons. The zero-order chi connectivity index (χ0) is 18.4. The summed E-state index contributed by atoms with van der Waals surface area (Å²) in [5.74, 6) is 0.144. The Bertz CT molecular complexity index is 888. The summed E-state index contributed by atoms with van der Waals surface area (Å²) in [4.78, 5) is 16.6. The van der Waals surface area contributed by atoms with E-state index in [2.05, 4.69) is 32.4 Å². The normalized spacial score (nSPS) is 10.5. The number of hydrogen-bond donors (Lipinski definition) is 2. The van der Waals surface area contributed by atoms with Crippen LogP contribution in [0.4, 0.5) is 10.3 Å². The van der Waals surface area contributed by atoms with Crippen LogP contribution in [0.25, 0.3) is 11.3 Å². The molecule has 0 aliphatic carbocycles. The summed E-state index contributed by atoms with van der Waals surface area (Å²) in [6.07, 6.45) is 1.75. The number of aryl methyl sites for hydroxylation is 1. The van der Waals surface area contributed by atoms with Gasteiger partial charge in [-0.25, -0.2) is 4.98 Å². The Morgan fingerprint density at radius 1 is 1.27 bits per heavy atom. The van der Waals surface area contributed by atoms with Crippen LogP contribution in [0.3, 0.4) is 0 Å². The first-order valence-electron chi connectivity index (χ1n) is 7.77. The van der Waals surface area contributed by atoms with Gasteiger partial charge in [0.1, 0.15) is 0 Å². The minimum Gasteiger partial charge on any atom is -0.357 e. The Labute approximate surface area is 163 Å². The molecule has 3 aromatic rings. The van der Waals surface area contributed by atoms with E-state index in [1.807, 2.05) is 36.6 Å². The topological polar surface area (TPSA) is 79.8 Å². The van der Waals surface area contributed by atoms with Crippen molar-refractivity contribution in [1.82, 2.24) is 15.2 Å². The molecule has 0 fully saturated rings. The molecule has 1 amide bonds. The lowest BCUT2D eigenvalue weighted by Crippen LogP contribution is -2.13. The van der Waals surface area contributed by atoms with Crippen molar-refractivity contribution in [2.24, 2.45) is 0 Å². The Morgan fingerprint density at radius 2 is 2.08 bits per heavy atom. The number of hydrogen-bond acceptors (Lipinski definition) is 8. The van der Waals surface area contributed by atoms with E-state index in [1.165, 1.54) is 40.0 Å². The van der Waals surface area contributed by atoms with Gasteiger partial charge < -0.3 is 10.6 Å². The molecule has 0 spiro atoms. The molecule has 2 aromatic heterocycles. The largest absolute Gasteiger partial charge is 0.357 e. The molecule has 2 N–H and O–H groups in total. The molecule has 0 unspecified atom stereocenters. The number of nitrogens with one attached hydrogen (secondary N) is 2. The average Bonchev–Trinajstić information content (AvgIpc) is 3.28. The van der Waals surface area contributed by atoms with Crippen LogP contribution in [-0.4, -0.2) is 33.4 Å². The maximum Gasteiger partial charge on any atom is 0.236 e. The van der Waals surface area contributed by atoms with Crippen LogP contribution >= 0.6 is 34.4 Å². The van der Waals surface area contributed by atoms with E-state index in [1.54, 1.807) is 6.08 Å². The number of nitrogens with zero attached hydrogens (tertiary/aromatic N) is 3. The number of carbonyl (C=O) groups excluding carboxylic acids is 1. The number of amides is 1. The fourth-order valence-corrected chi connectivity index (χ4v) is 4.26. The predicted molar refractivity (Wildman–Crippen MR) is 110 cm³/mol. The van der Waals surface area contributed by atoms with Gasteiger partial charge in [-0.1, -0.05) is 59.0 Å². The highest BCUT2D eigenvalue weighted by atomic mass is 32.2. The smallest absolute Gasteiger partial charge is 0.236 e. The van der Waals surface area contributed by atoms with Gasteiger partial charge in [0.15, 0.2) is 9.47 Å². The first-order chi connectivity index (χ1) is 12.6. The number of thiazole rings is 1. The van der Waals surface area contributed by atoms with Crippen molar-refractivity contribution in [2.75, 3.05) is 22.9 Å². The van der Waals surface area contributed by atoms with Crippen molar-refractivity contribution < 1.29 is 4.79 Å². The molecular formula is C17H17N5OS3. The van der Waals surface area contributed by atoms with Crippen molar-refractivity contribution >= 4 is 50.6 Å². The third-order valence-corrected chi connectivity index (χ3v) is 6.00. The van der Waals surface area contributed by atoms with Crippen LogP contribution < -0.4 is 10.6 Å². The van der Waals surface area contributed by atoms with Crippen molar-refractivity contribution in [3.63, 3.8) is 0 Å². The van der Waals surface area contributed by atoms with E-state index in [4.69, 9.17) is 0 Å². The molecule has 2 heterocycles. The molecule has 0 atom stereocenters. The highest BCUT2D eigenvalue weighted by Crippen LogP contribution is 2.27. The Kier molecular flexibility index (Phi) is 6.37. The van der Waals surface area contributed by atoms with Crippen LogP contribution in [-0.2, 0) is 4.79 Å². The second-order valence-corrected chi connectivity index (χ2v) is 8.34. The number of thioether (sulfide) groups is 1. The average molecular weight is 404 g/mol. The molecule has 3 rings (SSSR count). The standard InChI is InChI=1S/C17H17N5OS3/c1-3-8-18-15-21-22-17(26-15)25-10-14(23)20-16-19-13(9-24-16)12-6-4-11(2)5-7-12/h3-7,9H,1,8,10H2,2H3,(H,18,21)(H,19,20,23). The van der Waals surface area contributed by atoms with Gasteiger partial charge in [-0.15, -0.1) is 28.1 Å². The summed E-state index contributed by atoms with van der Waals surface area (Å²) in [5.41, 5.74) is 3.10. The molecule has 0 aliphatic rings. The maximum atomic E-state index is 12.1. The van der Waals surface area contributed by atoms with Crippen LogP contribution in [0.5, 0.6) is 0 Å². The summed E-state index contributed by atoms with van der Waals surface area (Å²) in [6, 6.07) is 8.15. The predicted octanol–water partition coefficient (Wildman–Crippen LogP) is 4.30.